The van der Waals surface area contributed by atoms with Gasteiger partial charge in [0.15, 0.2) is 0 Å². The van der Waals surface area contributed by atoms with Gasteiger partial charge in [0.2, 0.25) is 0 Å². The van der Waals surface area contributed by atoms with E-state index in [1.807, 2.05) is 18.2 Å². The molecule has 0 bridgehead atoms. The maximum Gasteiger partial charge on any atom is 0.336 e. The van der Waals surface area contributed by atoms with Crippen molar-refractivity contribution in [1.29, 1.82) is 0 Å². The van der Waals surface area contributed by atoms with Crippen LogP contribution in [0.4, 0.5) is 0 Å². The van der Waals surface area contributed by atoms with Crippen LogP contribution in [0.25, 0.3) is 21.9 Å². The average molecular weight is 449 g/mol. The number of furan rings is 1. The molecule has 0 amide bonds. The maximum absolute atomic E-state index is 11.6. The van der Waals surface area contributed by atoms with Crippen molar-refractivity contribution in [3.63, 3.8) is 0 Å². The van der Waals surface area contributed by atoms with Crippen LogP contribution in [0.5, 0.6) is 11.5 Å². The molecular formula is C26H28N2O5. The summed E-state index contributed by atoms with van der Waals surface area (Å²) >= 11 is 0. The van der Waals surface area contributed by atoms with Crippen molar-refractivity contribution in [2.75, 3.05) is 26.2 Å². The highest BCUT2D eigenvalue weighted by Crippen LogP contribution is 2.35. The van der Waals surface area contributed by atoms with Crippen molar-refractivity contribution in [1.82, 2.24) is 10.2 Å². The van der Waals surface area contributed by atoms with Gasteiger partial charge in [0, 0.05) is 31.3 Å². The fourth-order valence-corrected chi connectivity index (χ4v) is 4.46. The van der Waals surface area contributed by atoms with Gasteiger partial charge in [-0.15, -0.1) is 0 Å². The number of hydrogen-bond acceptors (Lipinski definition) is 7. The number of likely N-dealkylation sites (tertiary alicyclic amines) is 1. The molecule has 2 aromatic heterocycles. The van der Waals surface area contributed by atoms with Gasteiger partial charge in [-0.1, -0.05) is 12.1 Å². The number of benzene rings is 2. The minimum absolute atomic E-state index is 0.303. The quantitative estimate of drug-likeness (QED) is 0.307. The Morgan fingerprint density at radius 2 is 1.82 bits per heavy atom. The van der Waals surface area contributed by atoms with Crippen molar-refractivity contribution in [3.8, 4) is 11.5 Å². The summed E-state index contributed by atoms with van der Waals surface area (Å²) in [6.45, 7) is 4.53. The van der Waals surface area contributed by atoms with Gasteiger partial charge < -0.3 is 28.9 Å². The van der Waals surface area contributed by atoms with Crippen LogP contribution in [-0.4, -0.2) is 42.3 Å². The molecule has 2 aromatic carbocycles. The van der Waals surface area contributed by atoms with Gasteiger partial charge in [0.25, 0.3) is 0 Å². The van der Waals surface area contributed by atoms with Gasteiger partial charge in [0.1, 0.15) is 22.7 Å². The zero-order valence-corrected chi connectivity index (χ0v) is 18.5. The SMILES string of the molecule is O=c1ccc2c(OCCCN3CCC(NCc4ccc(O)cc4)CC3)c3ccoc3cc2o1. The van der Waals surface area contributed by atoms with E-state index in [2.05, 4.69) is 10.2 Å². The van der Waals surface area contributed by atoms with Gasteiger partial charge in [-0.3, -0.25) is 0 Å². The highest BCUT2D eigenvalue weighted by atomic mass is 16.5. The monoisotopic (exact) mass is 448 g/mol. The van der Waals surface area contributed by atoms with E-state index in [0.29, 0.717) is 35.3 Å². The van der Waals surface area contributed by atoms with Crippen molar-refractivity contribution in [2.24, 2.45) is 0 Å². The molecule has 0 saturated carbocycles. The molecule has 0 radical (unpaired) electrons. The van der Waals surface area contributed by atoms with Crippen LogP contribution in [0.3, 0.4) is 0 Å². The lowest BCUT2D eigenvalue weighted by Crippen LogP contribution is -2.42. The summed E-state index contributed by atoms with van der Waals surface area (Å²) in [6.07, 6.45) is 4.78. The van der Waals surface area contributed by atoms with E-state index in [-0.39, 0.29) is 5.63 Å². The zero-order valence-electron chi connectivity index (χ0n) is 18.5. The number of phenolic OH excluding ortho intramolecular Hbond substituents is 1. The van der Waals surface area contributed by atoms with Crippen molar-refractivity contribution in [3.05, 3.63) is 70.8 Å². The number of ether oxygens (including phenoxy) is 1. The Hall–Kier alpha value is -3.29. The summed E-state index contributed by atoms with van der Waals surface area (Å²) in [7, 11) is 0. The Labute approximate surface area is 191 Å². The second-order valence-electron chi connectivity index (χ2n) is 8.57. The molecule has 2 N–H and O–H groups in total. The molecule has 33 heavy (non-hydrogen) atoms. The van der Waals surface area contributed by atoms with Gasteiger partial charge in [-0.2, -0.15) is 0 Å². The highest BCUT2D eigenvalue weighted by molar-refractivity contribution is 6.01. The molecule has 3 heterocycles. The highest BCUT2D eigenvalue weighted by Gasteiger charge is 2.19. The molecule has 0 aliphatic carbocycles. The molecule has 7 heteroatoms. The lowest BCUT2D eigenvalue weighted by molar-refractivity contribution is 0.182. The lowest BCUT2D eigenvalue weighted by atomic mass is 10.0. The summed E-state index contributed by atoms with van der Waals surface area (Å²) in [6, 6.07) is 14.7. The summed E-state index contributed by atoms with van der Waals surface area (Å²) in [5.74, 6) is 1.01. The lowest BCUT2D eigenvalue weighted by Gasteiger charge is -2.32. The molecule has 0 spiro atoms. The number of nitrogens with one attached hydrogen (secondary N) is 1. The van der Waals surface area contributed by atoms with E-state index >= 15 is 0 Å². The number of hydrogen-bond donors (Lipinski definition) is 2. The Kier molecular flexibility index (Phi) is 6.32. The van der Waals surface area contributed by atoms with Crippen molar-refractivity contribution >= 4 is 21.9 Å². The number of fused-ring (bicyclic) bond motifs is 2. The Balaban J connectivity index is 1.10. The molecule has 1 aliphatic rings. The molecule has 7 nitrogen and oxygen atoms in total. The average Bonchev–Trinajstić information content (AvgIpc) is 3.30. The van der Waals surface area contributed by atoms with Crippen molar-refractivity contribution in [2.45, 2.75) is 31.8 Å². The third kappa shape index (κ3) is 5.05. The van der Waals surface area contributed by atoms with E-state index < -0.39 is 0 Å². The van der Waals surface area contributed by atoms with Crippen LogP contribution in [0.1, 0.15) is 24.8 Å². The summed E-state index contributed by atoms with van der Waals surface area (Å²) in [5, 5.41) is 14.7. The van der Waals surface area contributed by atoms with Crippen molar-refractivity contribution < 1.29 is 18.7 Å². The van der Waals surface area contributed by atoms with Crippen LogP contribution < -0.4 is 15.7 Å². The molecule has 0 unspecified atom stereocenters. The van der Waals surface area contributed by atoms with Crippen LogP contribution in [0, 0.1) is 0 Å². The minimum Gasteiger partial charge on any atom is -0.508 e. The van der Waals surface area contributed by atoms with E-state index in [9.17, 15) is 9.90 Å². The van der Waals surface area contributed by atoms with E-state index in [4.69, 9.17) is 13.6 Å². The van der Waals surface area contributed by atoms with E-state index in [1.165, 1.54) is 11.6 Å². The molecule has 5 rings (SSSR count). The smallest absolute Gasteiger partial charge is 0.336 e. The first-order valence-electron chi connectivity index (χ1n) is 11.5. The first kappa shape index (κ1) is 21.6. The topological polar surface area (TPSA) is 88.1 Å². The predicted molar refractivity (Wildman–Crippen MR) is 127 cm³/mol. The summed E-state index contributed by atoms with van der Waals surface area (Å²) in [5.41, 5.74) is 1.92. The van der Waals surface area contributed by atoms with Crippen LogP contribution >= 0.6 is 0 Å². The Bertz CT molecular complexity index is 1270. The van der Waals surface area contributed by atoms with E-state index in [1.54, 1.807) is 30.5 Å². The van der Waals surface area contributed by atoms with Gasteiger partial charge in [-0.25, -0.2) is 4.79 Å². The summed E-state index contributed by atoms with van der Waals surface area (Å²) < 4.78 is 17.0. The van der Waals surface area contributed by atoms with Gasteiger partial charge >= 0.3 is 5.63 Å². The standard InChI is InChI=1S/C26H28N2O5/c29-20-4-2-18(3-5-20)17-27-19-8-12-28(13-9-19)11-1-14-32-26-21-6-7-25(30)33-24(21)16-23-22(26)10-15-31-23/h2-7,10,15-16,19,27,29H,1,8-9,11-14,17H2. The molecule has 1 saturated heterocycles. The fraction of sp³-hybridized carbons (Fsp3) is 0.346. The molecule has 1 aliphatic heterocycles. The normalized spacial score (nSPS) is 15.4. The van der Waals surface area contributed by atoms with Crippen LogP contribution in [-0.2, 0) is 6.54 Å². The van der Waals surface area contributed by atoms with Crippen LogP contribution in [0.15, 0.2) is 68.4 Å². The minimum atomic E-state index is -0.389. The second kappa shape index (κ2) is 9.68. The molecular weight excluding hydrogens is 420 g/mol. The molecule has 0 atom stereocenters. The fourth-order valence-electron chi connectivity index (χ4n) is 4.46. The van der Waals surface area contributed by atoms with E-state index in [0.717, 1.165) is 56.2 Å². The number of rotatable bonds is 8. The van der Waals surface area contributed by atoms with Crippen LogP contribution in [0.2, 0.25) is 0 Å². The number of piperidine rings is 1. The molecule has 1 fully saturated rings. The van der Waals surface area contributed by atoms with Gasteiger partial charge in [0.05, 0.1) is 23.6 Å². The molecule has 4 aromatic rings. The van der Waals surface area contributed by atoms with Gasteiger partial charge in [-0.05, 0) is 62.2 Å². The Morgan fingerprint density at radius 3 is 2.64 bits per heavy atom. The first-order valence-corrected chi connectivity index (χ1v) is 11.5. The number of phenols is 1. The largest absolute Gasteiger partial charge is 0.508 e. The Morgan fingerprint density at radius 1 is 1.03 bits per heavy atom. The first-order chi connectivity index (χ1) is 16.2. The third-order valence-corrected chi connectivity index (χ3v) is 6.29. The number of nitrogens with zero attached hydrogens (tertiary/aromatic N) is 1. The third-order valence-electron chi connectivity index (χ3n) is 6.29. The summed E-state index contributed by atoms with van der Waals surface area (Å²) in [4.78, 5) is 14.1. The second-order valence-corrected chi connectivity index (χ2v) is 8.57. The number of aromatic hydroxyl groups is 1. The molecule has 172 valence electrons. The zero-order chi connectivity index (χ0) is 22.6. The maximum atomic E-state index is 11.6. The predicted octanol–water partition coefficient (Wildman–Crippen LogP) is 4.27.